The van der Waals surface area contributed by atoms with Crippen LogP contribution in [-0.4, -0.2) is 16.1 Å². The van der Waals surface area contributed by atoms with Gasteiger partial charge < -0.3 is 9.73 Å². The van der Waals surface area contributed by atoms with Crippen LogP contribution in [0.1, 0.15) is 15.9 Å². The number of nitrogens with one attached hydrogen (secondary N) is 2. The number of aromatic nitrogens is 1. The van der Waals surface area contributed by atoms with Gasteiger partial charge in [-0.3, -0.25) is 9.52 Å². The molecule has 0 saturated heterocycles. The van der Waals surface area contributed by atoms with E-state index in [-0.39, 0.29) is 5.12 Å². The van der Waals surface area contributed by atoms with E-state index in [1.165, 1.54) is 0 Å². The van der Waals surface area contributed by atoms with E-state index >= 15 is 0 Å². The molecule has 0 unspecified atom stereocenters. The molecule has 0 fully saturated rings. The molecule has 0 atom stereocenters. The highest BCUT2D eigenvalue weighted by Gasteiger charge is 2.11. The number of para-hydroxylation sites is 2. The Hall–Kier alpha value is -3.58. The molecule has 6 nitrogen and oxygen atoms in total. The number of hydrogen-bond donors (Lipinski definition) is 2. The van der Waals surface area contributed by atoms with Crippen molar-refractivity contribution in [1.82, 2.24) is 9.71 Å². The second-order valence-electron chi connectivity index (χ2n) is 6.38. The van der Waals surface area contributed by atoms with Crippen LogP contribution in [0.4, 0.5) is 10.5 Å². The first-order valence-corrected chi connectivity index (χ1v) is 9.71. The number of anilines is 1. The molecule has 3 aromatic carbocycles. The van der Waals surface area contributed by atoms with E-state index in [0.717, 1.165) is 34.2 Å². The minimum Gasteiger partial charge on any atom is -0.436 e. The standard InChI is InChI=1S/C22H17N3O3S/c1-14-6-8-16(9-7-14)21(26)29-25-22(27)23-17-12-10-15(11-13-17)20-24-18-4-2-3-5-19(18)28-20/h2-13H,1H3,(H2,23,25,27). The number of hydrogen-bond acceptors (Lipinski definition) is 5. The summed E-state index contributed by atoms with van der Waals surface area (Å²) in [5.41, 5.74) is 4.50. The van der Waals surface area contributed by atoms with Gasteiger partial charge >= 0.3 is 6.03 Å². The number of fused-ring (bicyclic) bond motifs is 1. The van der Waals surface area contributed by atoms with Gasteiger partial charge in [-0.15, -0.1) is 0 Å². The van der Waals surface area contributed by atoms with Gasteiger partial charge in [0.1, 0.15) is 5.52 Å². The molecule has 144 valence electrons. The van der Waals surface area contributed by atoms with Crippen LogP contribution < -0.4 is 10.0 Å². The predicted molar refractivity (Wildman–Crippen MR) is 115 cm³/mol. The van der Waals surface area contributed by atoms with Crippen molar-refractivity contribution < 1.29 is 14.0 Å². The van der Waals surface area contributed by atoms with Gasteiger partial charge in [0.15, 0.2) is 5.58 Å². The second kappa shape index (κ2) is 8.20. The quantitative estimate of drug-likeness (QED) is 0.447. The van der Waals surface area contributed by atoms with Crippen molar-refractivity contribution in [2.24, 2.45) is 0 Å². The van der Waals surface area contributed by atoms with Crippen LogP contribution in [0.5, 0.6) is 0 Å². The highest BCUT2D eigenvalue weighted by Crippen LogP contribution is 2.25. The van der Waals surface area contributed by atoms with Gasteiger partial charge in [0.05, 0.1) is 0 Å². The number of benzene rings is 3. The molecular weight excluding hydrogens is 386 g/mol. The summed E-state index contributed by atoms with van der Waals surface area (Å²) in [6, 6.07) is 21.3. The molecule has 1 heterocycles. The molecule has 0 saturated carbocycles. The van der Waals surface area contributed by atoms with Crippen molar-refractivity contribution in [1.29, 1.82) is 0 Å². The summed E-state index contributed by atoms with van der Waals surface area (Å²) < 4.78 is 8.23. The lowest BCUT2D eigenvalue weighted by Crippen LogP contribution is -2.24. The molecule has 0 bridgehead atoms. The molecule has 0 aliphatic heterocycles. The van der Waals surface area contributed by atoms with Crippen molar-refractivity contribution in [2.75, 3.05) is 5.32 Å². The third-order valence-electron chi connectivity index (χ3n) is 4.21. The molecule has 0 aliphatic rings. The summed E-state index contributed by atoms with van der Waals surface area (Å²) in [6.07, 6.45) is 0. The zero-order chi connectivity index (χ0) is 20.2. The van der Waals surface area contributed by atoms with Crippen LogP contribution in [0.25, 0.3) is 22.6 Å². The Kier molecular flexibility index (Phi) is 5.31. The van der Waals surface area contributed by atoms with Gasteiger partial charge in [0.2, 0.25) is 11.0 Å². The van der Waals surface area contributed by atoms with E-state index in [9.17, 15) is 9.59 Å². The number of oxazole rings is 1. The summed E-state index contributed by atoms with van der Waals surface area (Å²) >= 11 is 0.739. The third kappa shape index (κ3) is 4.47. The molecule has 2 amide bonds. The minimum absolute atomic E-state index is 0.230. The smallest absolute Gasteiger partial charge is 0.329 e. The molecular formula is C22H17N3O3S. The molecule has 7 heteroatoms. The molecule has 29 heavy (non-hydrogen) atoms. The average Bonchev–Trinajstić information content (AvgIpc) is 3.17. The number of rotatable bonds is 3. The van der Waals surface area contributed by atoms with E-state index in [2.05, 4.69) is 15.0 Å². The van der Waals surface area contributed by atoms with Gasteiger partial charge in [-0.2, -0.15) is 0 Å². The second-order valence-corrected chi connectivity index (χ2v) is 7.15. The van der Waals surface area contributed by atoms with Gasteiger partial charge in [-0.25, -0.2) is 9.78 Å². The average molecular weight is 403 g/mol. The number of amides is 2. The zero-order valence-electron chi connectivity index (χ0n) is 15.5. The Bertz CT molecular complexity index is 1140. The van der Waals surface area contributed by atoms with E-state index in [1.54, 1.807) is 24.3 Å². The predicted octanol–water partition coefficient (Wildman–Crippen LogP) is 5.41. The lowest BCUT2D eigenvalue weighted by molar-refractivity contribution is 0.108. The summed E-state index contributed by atoms with van der Waals surface area (Å²) in [6.45, 7) is 1.95. The lowest BCUT2D eigenvalue weighted by atomic mass is 10.2. The molecule has 0 radical (unpaired) electrons. The van der Waals surface area contributed by atoms with Crippen LogP contribution in [0.3, 0.4) is 0 Å². The van der Waals surface area contributed by atoms with E-state index in [1.807, 2.05) is 55.5 Å². The van der Waals surface area contributed by atoms with Crippen LogP contribution in [0.2, 0.25) is 0 Å². The maximum absolute atomic E-state index is 12.1. The molecule has 0 aliphatic carbocycles. The fourth-order valence-electron chi connectivity index (χ4n) is 2.69. The number of nitrogens with zero attached hydrogens (tertiary/aromatic N) is 1. The minimum atomic E-state index is -0.481. The van der Waals surface area contributed by atoms with Gasteiger partial charge in [0.25, 0.3) is 0 Å². The summed E-state index contributed by atoms with van der Waals surface area (Å²) in [7, 11) is 0. The molecule has 0 spiro atoms. The normalized spacial score (nSPS) is 10.7. The van der Waals surface area contributed by atoms with Crippen LogP contribution >= 0.6 is 11.9 Å². The molecule has 4 aromatic rings. The molecule has 1 aromatic heterocycles. The van der Waals surface area contributed by atoms with Gasteiger partial charge in [-0.1, -0.05) is 42.0 Å². The van der Waals surface area contributed by atoms with Gasteiger partial charge in [0, 0.05) is 28.8 Å². The van der Waals surface area contributed by atoms with Crippen molar-refractivity contribution in [3.05, 3.63) is 83.9 Å². The maximum atomic E-state index is 12.1. The summed E-state index contributed by atoms with van der Waals surface area (Å²) in [5, 5.41) is 2.46. The maximum Gasteiger partial charge on any atom is 0.329 e. The fourth-order valence-corrected chi connectivity index (χ4v) is 3.18. The Balaban J connectivity index is 1.35. The Morgan fingerprint density at radius 2 is 1.66 bits per heavy atom. The Morgan fingerprint density at radius 1 is 0.931 bits per heavy atom. The summed E-state index contributed by atoms with van der Waals surface area (Å²) in [4.78, 5) is 28.6. The molecule has 4 rings (SSSR count). The summed E-state index contributed by atoms with van der Waals surface area (Å²) in [5.74, 6) is 0.515. The monoisotopic (exact) mass is 403 g/mol. The van der Waals surface area contributed by atoms with Gasteiger partial charge in [-0.05, 0) is 43.3 Å². The number of aryl methyl sites for hydroxylation is 1. The largest absolute Gasteiger partial charge is 0.436 e. The van der Waals surface area contributed by atoms with Crippen molar-refractivity contribution in [3.8, 4) is 11.5 Å². The fraction of sp³-hybridized carbons (Fsp3) is 0.0455. The van der Waals surface area contributed by atoms with E-state index < -0.39 is 6.03 Å². The molecule has 2 N–H and O–H groups in total. The Labute approximate surface area is 171 Å². The highest BCUT2D eigenvalue weighted by atomic mass is 32.2. The van der Waals surface area contributed by atoms with Crippen LogP contribution in [-0.2, 0) is 0 Å². The number of carbonyl (C=O) groups excluding carboxylic acids is 2. The number of carbonyl (C=O) groups is 2. The van der Waals surface area contributed by atoms with Crippen molar-refractivity contribution in [2.45, 2.75) is 6.92 Å². The number of urea groups is 1. The van der Waals surface area contributed by atoms with E-state index in [4.69, 9.17) is 4.42 Å². The SMILES string of the molecule is Cc1ccc(C(=O)SNC(=O)Nc2ccc(-c3nc4ccccc4o3)cc2)cc1. The topological polar surface area (TPSA) is 84.2 Å². The highest BCUT2D eigenvalue weighted by molar-refractivity contribution is 8.12. The first kappa shape index (κ1) is 18.8. The third-order valence-corrected chi connectivity index (χ3v) is 4.92. The van der Waals surface area contributed by atoms with Crippen molar-refractivity contribution in [3.63, 3.8) is 0 Å². The zero-order valence-corrected chi connectivity index (χ0v) is 16.3. The first-order chi connectivity index (χ1) is 14.1. The lowest BCUT2D eigenvalue weighted by Gasteiger charge is -2.07. The van der Waals surface area contributed by atoms with E-state index in [0.29, 0.717) is 17.1 Å². The van der Waals surface area contributed by atoms with Crippen LogP contribution in [0.15, 0.2) is 77.2 Å². The Morgan fingerprint density at radius 3 is 2.38 bits per heavy atom. The first-order valence-electron chi connectivity index (χ1n) is 8.89. The van der Waals surface area contributed by atoms with Crippen LogP contribution in [0, 0.1) is 6.92 Å². The van der Waals surface area contributed by atoms with Crippen molar-refractivity contribution >= 4 is 39.9 Å².